The molecule has 0 aliphatic rings. The van der Waals surface area contributed by atoms with Crippen LogP contribution in [0.1, 0.15) is 5.56 Å². The number of anilines is 1. The third-order valence-electron chi connectivity index (χ3n) is 5.47. The lowest BCUT2D eigenvalue weighted by molar-refractivity contribution is 0.202. The molecule has 0 fully saturated rings. The summed E-state index contributed by atoms with van der Waals surface area (Å²) in [5.41, 5.74) is 4.13. The summed E-state index contributed by atoms with van der Waals surface area (Å²) < 4.78 is 40.2. The van der Waals surface area contributed by atoms with Gasteiger partial charge in [-0.05, 0) is 47.0 Å². The summed E-state index contributed by atoms with van der Waals surface area (Å²) in [7, 11) is -3.89. The van der Waals surface area contributed by atoms with Crippen molar-refractivity contribution >= 4 is 27.2 Å². The van der Waals surface area contributed by atoms with Crippen LogP contribution in [0.2, 0.25) is 0 Å². The van der Waals surface area contributed by atoms with Crippen LogP contribution in [0.5, 0.6) is 11.9 Å². The predicted octanol–water partition coefficient (Wildman–Crippen LogP) is 5.23. The van der Waals surface area contributed by atoms with Crippen molar-refractivity contribution in [2.24, 2.45) is 0 Å². The molecule has 0 aliphatic heterocycles. The molecule has 9 nitrogen and oxygen atoms in total. The van der Waals surface area contributed by atoms with E-state index in [4.69, 9.17) is 9.47 Å². The Morgan fingerprint density at radius 2 is 1.55 bits per heavy atom. The van der Waals surface area contributed by atoms with E-state index in [0.29, 0.717) is 11.1 Å². The molecule has 0 bridgehead atoms. The average Bonchev–Trinajstić information content (AvgIpc) is 3.48. The fraction of sp³-hybridized carbons (Fsp3) is 0.111. The van der Waals surface area contributed by atoms with E-state index in [-0.39, 0.29) is 35.8 Å². The van der Waals surface area contributed by atoms with E-state index in [1.165, 1.54) is 18.5 Å². The SMILES string of the molecule is Cc1ccc(-c2c(NS(=O)(=O)c3ccccc3)ncnc2OCCOc2ncc(-c3ccsc3)cn2)cc1. The van der Waals surface area contributed by atoms with Crippen LogP contribution in [-0.2, 0) is 10.0 Å². The number of benzene rings is 2. The molecule has 38 heavy (non-hydrogen) atoms. The van der Waals surface area contributed by atoms with Crippen molar-refractivity contribution in [1.82, 2.24) is 19.9 Å². The van der Waals surface area contributed by atoms with Gasteiger partial charge in [0, 0.05) is 18.0 Å². The van der Waals surface area contributed by atoms with E-state index < -0.39 is 10.0 Å². The van der Waals surface area contributed by atoms with Gasteiger partial charge in [-0.2, -0.15) is 11.3 Å². The normalized spacial score (nSPS) is 11.2. The number of hydrogen-bond donors (Lipinski definition) is 1. The summed E-state index contributed by atoms with van der Waals surface area (Å²) in [5, 5.41) is 4.02. The van der Waals surface area contributed by atoms with Crippen LogP contribution < -0.4 is 14.2 Å². The van der Waals surface area contributed by atoms with Gasteiger partial charge in [0.2, 0.25) is 5.88 Å². The first-order chi connectivity index (χ1) is 18.5. The molecule has 0 saturated carbocycles. The maximum atomic E-state index is 13.0. The minimum absolute atomic E-state index is 0.107. The van der Waals surface area contributed by atoms with E-state index in [9.17, 15) is 8.42 Å². The highest BCUT2D eigenvalue weighted by Gasteiger charge is 2.21. The molecule has 0 aliphatic carbocycles. The minimum atomic E-state index is -3.89. The zero-order valence-electron chi connectivity index (χ0n) is 20.3. The van der Waals surface area contributed by atoms with Crippen molar-refractivity contribution in [3.05, 3.63) is 95.7 Å². The molecule has 0 saturated heterocycles. The quantitative estimate of drug-likeness (QED) is 0.237. The van der Waals surface area contributed by atoms with E-state index in [2.05, 4.69) is 24.7 Å². The molecule has 2 aromatic carbocycles. The number of nitrogens with one attached hydrogen (secondary N) is 1. The van der Waals surface area contributed by atoms with Crippen molar-refractivity contribution in [2.45, 2.75) is 11.8 Å². The number of aryl methyl sites for hydroxylation is 1. The van der Waals surface area contributed by atoms with Gasteiger partial charge >= 0.3 is 6.01 Å². The number of nitrogens with zero attached hydrogens (tertiary/aromatic N) is 4. The van der Waals surface area contributed by atoms with Gasteiger partial charge in [0.15, 0.2) is 5.82 Å². The van der Waals surface area contributed by atoms with Gasteiger partial charge in [-0.15, -0.1) is 0 Å². The van der Waals surface area contributed by atoms with E-state index in [1.807, 2.05) is 48.0 Å². The van der Waals surface area contributed by atoms with Crippen LogP contribution >= 0.6 is 11.3 Å². The van der Waals surface area contributed by atoms with Crippen LogP contribution in [0.4, 0.5) is 5.82 Å². The predicted molar refractivity (Wildman–Crippen MR) is 146 cm³/mol. The number of thiophene rings is 1. The van der Waals surface area contributed by atoms with Gasteiger partial charge in [0.25, 0.3) is 10.0 Å². The van der Waals surface area contributed by atoms with Gasteiger partial charge < -0.3 is 9.47 Å². The van der Waals surface area contributed by atoms with Gasteiger partial charge in [-0.25, -0.2) is 28.4 Å². The Morgan fingerprint density at radius 3 is 2.26 bits per heavy atom. The van der Waals surface area contributed by atoms with Gasteiger partial charge in [-0.1, -0.05) is 48.0 Å². The molecular formula is C27H23N5O4S2. The Bertz CT molecular complexity index is 1590. The fourth-order valence-corrected chi connectivity index (χ4v) is 5.27. The second-order valence-electron chi connectivity index (χ2n) is 8.15. The second kappa shape index (κ2) is 11.4. The number of sulfonamides is 1. The molecule has 0 unspecified atom stereocenters. The smallest absolute Gasteiger partial charge is 0.316 e. The Labute approximate surface area is 224 Å². The van der Waals surface area contributed by atoms with Gasteiger partial charge in [-0.3, -0.25) is 4.72 Å². The number of ether oxygens (including phenoxy) is 2. The molecule has 3 aromatic heterocycles. The molecule has 5 rings (SSSR count). The van der Waals surface area contributed by atoms with Crippen molar-refractivity contribution in [2.75, 3.05) is 17.9 Å². The third kappa shape index (κ3) is 5.96. The first kappa shape index (κ1) is 25.3. The van der Waals surface area contributed by atoms with Gasteiger partial charge in [0.05, 0.1) is 10.5 Å². The van der Waals surface area contributed by atoms with Crippen molar-refractivity contribution < 1.29 is 17.9 Å². The standard InChI is InChI=1S/C27H23N5O4S2/c1-19-7-9-20(10-8-19)24-25(32-38(33,34)23-5-3-2-4-6-23)30-18-31-26(24)35-12-13-36-27-28-15-22(16-29-27)21-11-14-37-17-21/h2-11,14-18H,12-13H2,1H3,(H,30,31,32). The zero-order chi connectivity index (χ0) is 26.4. The molecule has 0 spiro atoms. The topological polar surface area (TPSA) is 116 Å². The van der Waals surface area contributed by atoms with Crippen LogP contribution in [0.15, 0.2) is 95.0 Å². The van der Waals surface area contributed by atoms with Crippen LogP contribution in [0, 0.1) is 6.92 Å². The molecule has 192 valence electrons. The summed E-state index contributed by atoms with van der Waals surface area (Å²) in [6.45, 7) is 2.24. The summed E-state index contributed by atoms with van der Waals surface area (Å²) in [6.07, 6.45) is 4.66. The highest BCUT2D eigenvalue weighted by Crippen LogP contribution is 2.35. The lowest BCUT2D eigenvalue weighted by atomic mass is 10.1. The number of rotatable bonds is 10. The van der Waals surface area contributed by atoms with Crippen molar-refractivity contribution in [3.63, 3.8) is 0 Å². The Kier molecular flexibility index (Phi) is 7.57. The molecule has 1 N–H and O–H groups in total. The number of hydrogen-bond acceptors (Lipinski definition) is 9. The summed E-state index contributed by atoms with van der Waals surface area (Å²) >= 11 is 1.60. The average molecular weight is 546 g/mol. The maximum Gasteiger partial charge on any atom is 0.316 e. The monoisotopic (exact) mass is 545 g/mol. The largest absolute Gasteiger partial charge is 0.473 e. The molecule has 0 radical (unpaired) electrons. The minimum Gasteiger partial charge on any atom is -0.473 e. The summed E-state index contributed by atoms with van der Waals surface area (Å²) in [4.78, 5) is 17.1. The number of aromatic nitrogens is 4. The zero-order valence-corrected chi connectivity index (χ0v) is 21.9. The highest BCUT2D eigenvalue weighted by molar-refractivity contribution is 7.92. The van der Waals surface area contributed by atoms with Crippen LogP contribution in [0.3, 0.4) is 0 Å². The first-order valence-corrected chi connectivity index (χ1v) is 14.0. The van der Waals surface area contributed by atoms with Gasteiger partial charge in [0.1, 0.15) is 19.5 Å². The van der Waals surface area contributed by atoms with E-state index >= 15 is 0 Å². The Morgan fingerprint density at radius 1 is 0.816 bits per heavy atom. The Balaban J connectivity index is 1.33. The van der Waals surface area contributed by atoms with E-state index in [1.54, 1.807) is 41.9 Å². The summed E-state index contributed by atoms with van der Waals surface area (Å²) in [6, 6.07) is 17.9. The molecule has 5 aromatic rings. The van der Waals surface area contributed by atoms with Crippen LogP contribution in [0.25, 0.3) is 22.3 Å². The molecule has 3 heterocycles. The van der Waals surface area contributed by atoms with Crippen molar-refractivity contribution in [3.8, 4) is 34.1 Å². The highest BCUT2D eigenvalue weighted by atomic mass is 32.2. The molecule has 0 atom stereocenters. The second-order valence-corrected chi connectivity index (χ2v) is 10.6. The first-order valence-electron chi connectivity index (χ1n) is 11.6. The fourth-order valence-electron chi connectivity index (χ4n) is 3.56. The molecule has 0 amide bonds. The Hall–Kier alpha value is -4.35. The van der Waals surface area contributed by atoms with Crippen molar-refractivity contribution in [1.29, 1.82) is 0 Å². The third-order valence-corrected chi connectivity index (χ3v) is 7.51. The maximum absolute atomic E-state index is 13.0. The molecular weight excluding hydrogens is 522 g/mol. The van der Waals surface area contributed by atoms with Crippen LogP contribution in [-0.4, -0.2) is 41.6 Å². The lowest BCUT2D eigenvalue weighted by Crippen LogP contribution is -2.16. The lowest BCUT2D eigenvalue weighted by Gasteiger charge is -2.15. The summed E-state index contributed by atoms with van der Waals surface area (Å²) in [5.74, 6) is 0.322. The van der Waals surface area contributed by atoms with E-state index in [0.717, 1.165) is 16.7 Å². The molecule has 11 heteroatoms.